The van der Waals surface area contributed by atoms with Crippen LogP contribution >= 0.6 is 0 Å². The second kappa shape index (κ2) is 15.6. The predicted octanol–water partition coefficient (Wildman–Crippen LogP) is 6.35. The van der Waals surface area contributed by atoms with Crippen LogP contribution in [0.2, 0.25) is 0 Å². The first kappa shape index (κ1) is 36.0. The standard InChI is InChI=1S/C39H48N4O8/c1-6-12-51-39(47)43-31-20-33(24(4)15-29(31)37(45)42-23-26(8-3)17-32(42)38(43)46)49-13-10-9-11-14-50-35-19-30-28(18-34(35)48-5)36(44)41-22-25(7-2)16-27(41)21-40-30/h7-8,15,18-21,27,32,38,46H,6,9-14,16-17,22-23H2,1-5H3/t27-,32-,38?/m0/s1. The van der Waals surface area contributed by atoms with E-state index >= 15 is 0 Å². The van der Waals surface area contributed by atoms with Gasteiger partial charge in [-0.25, -0.2) is 9.69 Å². The molecule has 0 saturated carbocycles. The third-order valence-corrected chi connectivity index (χ3v) is 10.0. The van der Waals surface area contributed by atoms with Crippen LogP contribution in [-0.4, -0.2) is 97.4 Å². The van der Waals surface area contributed by atoms with Gasteiger partial charge in [0, 0.05) is 31.4 Å². The number of carbonyl (C=O) groups excluding carboxylic acids is 3. The Bertz CT molecular complexity index is 1770. The second-order valence-corrected chi connectivity index (χ2v) is 13.4. The van der Waals surface area contributed by atoms with Crippen molar-refractivity contribution in [1.82, 2.24) is 9.80 Å². The summed E-state index contributed by atoms with van der Waals surface area (Å²) in [6.45, 7) is 9.71. The highest BCUT2D eigenvalue weighted by Crippen LogP contribution is 2.41. The van der Waals surface area contributed by atoms with Crippen LogP contribution in [0.5, 0.6) is 17.2 Å². The van der Waals surface area contributed by atoms with Gasteiger partial charge in [-0.1, -0.05) is 30.2 Å². The largest absolute Gasteiger partial charge is 0.493 e. The predicted molar refractivity (Wildman–Crippen MR) is 194 cm³/mol. The first-order valence-electron chi connectivity index (χ1n) is 17.9. The fourth-order valence-corrected chi connectivity index (χ4v) is 7.13. The summed E-state index contributed by atoms with van der Waals surface area (Å²) in [4.78, 5) is 49.8. The van der Waals surface area contributed by atoms with Gasteiger partial charge in [0.2, 0.25) is 0 Å². The number of anilines is 1. The highest BCUT2D eigenvalue weighted by Gasteiger charge is 2.46. The molecule has 2 aromatic rings. The Morgan fingerprint density at radius 3 is 2.27 bits per heavy atom. The van der Waals surface area contributed by atoms with Gasteiger partial charge in [0.1, 0.15) is 5.75 Å². The van der Waals surface area contributed by atoms with Crippen LogP contribution in [0.4, 0.5) is 16.2 Å². The maximum absolute atomic E-state index is 13.8. The van der Waals surface area contributed by atoms with Gasteiger partial charge >= 0.3 is 6.09 Å². The Morgan fingerprint density at radius 1 is 0.882 bits per heavy atom. The molecule has 2 saturated heterocycles. The number of amides is 3. The first-order valence-corrected chi connectivity index (χ1v) is 17.9. The Hall–Kier alpha value is -4.84. The molecule has 0 spiro atoms. The molecule has 1 N–H and O–H groups in total. The number of aliphatic hydroxyl groups excluding tert-OH is 1. The molecule has 0 radical (unpaired) electrons. The lowest BCUT2D eigenvalue weighted by atomic mass is 10.1. The third-order valence-electron chi connectivity index (χ3n) is 10.0. The van der Waals surface area contributed by atoms with E-state index in [0.717, 1.165) is 36.8 Å². The molecule has 12 nitrogen and oxygen atoms in total. The number of aliphatic imine (C=N–C) groups is 1. The number of aliphatic hydroxyl groups is 1. The van der Waals surface area contributed by atoms with Gasteiger partial charge in [-0.15, -0.1) is 0 Å². The number of allylic oxidation sites excluding steroid dienone is 2. The van der Waals surface area contributed by atoms with Crippen molar-refractivity contribution in [3.8, 4) is 17.2 Å². The van der Waals surface area contributed by atoms with E-state index in [9.17, 15) is 19.5 Å². The van der Waals surface area contributed by atoms with Crippen molar-refractivity contribution >= 4 is 35.5 Å². The quantitative estimate of drug-likeness (QED) is 0.212. The van der Waals surface area contributed by atoms with Crippen molar-refractivity contribution in [2.45, 2.75) is 84.5 Å². The Labute approximate surface area is 299 Å². The smallest absolute Gasteiger partial charge is 0.416 e. The molecule has 4 aliphatic heterocycles. The summed E-state index contributed by atoms with van der Waals surface area (Å²) in [6, 6.07) is 6.27. The maximum Gasteiger partial charge on any atom is 0.416 e. The molecular formula is C39H48N4O8. The highest BCUT2D eigenvalue weighted by molar-refractivity contribution is 6.06. The summed E-state index contributed by atoms with van der Waals surface area (Å²) < 4.78 is 23.3. The van der Waals surface area contributed by atoms with Gasteiger partial charge < -0.3 is 33.9 Å². The molecule has 12 heteroatoms. The van der Waals surface area contributed by atoms with Gasteiger partial charge in [0.05, 0.1) is 61.5 Å². The van der Waals surface area contributed by atoms with E-state index in [1.807, 2.05) is 44.9 Å². The minimum absolute atomic E-state index is 0.0527. The number of ether oxygens (including phenoxy) is 4. The van der Waals surface area contributed by atoms with E-state index in [1.54, 1.807) is 36.3 Å². The van der Waals surface area contributed by atoms with Crippen molar-refractivity contribution in [2.75, 3.05) is 44.9 Å². The lowest BCUT2D eigenvalue weighted by molar-refractivity contribution is 0.0490. The van der Waals surface area contributed by atoms with Gasteiger partial charge in [-0.3, -0.25) is 14.6 Å². The van der Waals surface area contributed by atoms with E-state index in [2.05, 4.69) is 11.1 Å². The first-order chi connectivity index (χ1) is 24.7. The fraction of sp³-hybridized carbons (Fsp3) is 0.487. The maximum atomic E-state index is 13.8. The van der Waals surface area contributed by atoms with E-state index in [1.165, 1.54) is 10.5 Å². The molecule has 4 aliphatic rings. The molecule has 2 fully saturated rings. The molecule has 3 atom stereocenters. The SMILES string of the molecule is CC=C1C[C@H]2C=Nc3cc(OCCCCCOc4cc5c(cc4C)C(=O)N4CC(=CC)C[C@H]4C(O)N5C(=O)OCCC)c(OC)cc3C(=O)N2C1. The summed E-state index contributed by atoms with van der Waals surface area (Å²) >= 11 is 0. The average Bonchev–Trinajstić information content (AvgIpc) is 3.73. The summed E-state index contributed by atoms with van der Waals surface area (Å²) in [6.07, 6.45) is 8.09. The number of fused-ring (bicyclic) bond motifs is 4. The molecular weight excluding hydrogens is 652 g/mol. The zero-order chi connectivity index (χ0) is 36.2. The number of hydrogen-bond donors (Lipinski definition) is 1. The fourth-order valence-electron chi connectivity index (χ4n) is 7.13. The molecule has 6 rings (SSSR count). The Balaban J connectivity index is 1.07. The van der Waals surface area contributed by atoms with Crippen LogP contribution in [0.15, 0.2) is 52.6 Å². The Morgan fingerprint density at radius 2 is 1.57 bits per heavy atom. The van der Waals surface area contributed by atoms with Gasteiger partial charge in [0.25, 0.3) is 11.8 Å². The molecule has 2 aromatic carbocycles. The van der Waals surface area contributed by atoms with Crippen molar-refractivity contribution in [2.24, 2.45) is 4.99 Å². The minimum atomic E-state index is -1.28. The van der Waals surface area contributed by atoms with Crippen LogP contribution < -0.4 is 19.1 Å². The number of hydrogen-bond acceptors (Lipinski definition) is 9. The number of unbranched alkanes of at least 4 members (excludes halogenated alkanes) is 2. The normalized spacial score (nSPS) is 22.4. The van der Waals surface area contributed by atoms with E-state index in [0.29, 0.717) is 73.2 Å². The molecule has 272 valence electrons. The Kier molecular flexibility index (Phi) is 11.0. The summed E-state index contributed by atoms with van der Waals surface area (Å²) in [5, 5.41) is 11.5. The third kappa shape index (κ3) is 7.19. The molecule has 0 aliphatic carbocycles. The number of rotatable bonds is 11. The van der Waals surface area contributed by atoms with Crippen LogP contribution in [0.1, 0.15) is 85.6 Å². The molecule has 0 aromatic heterocycles. The average molecular weight is 701 g/mol. The topological polar surface area (TPSA) is 130 Å². The van der Waals surface area contributed by atoms with E-state index < -0.39 is 18.4 Å². The summed E-state index contributed by atoms with van der Waals surface area (Å²) in [7, 11) is 1.56. The highest BCUT2D eigenvalue weighted by atomic mass is 16.6. The van der Waals surface area contributed by atoms with Crippen LogP contribution in [0.3, 0.4) is 0 Å². The van der Waals surface area contributed by atoms with Crippen molar-refractivity contribution in [3.05, 3.63) is 64.3 Å². The molecule has 0 bridgehead atoms. The monoisotopic (exact) mass is 700 g/mol. The lowest BCUT2D eigenvalue weighted by Gasteiger charge is -2.31. The molecule has 3 amide bonds. The number of carbonyl (C=O) groups is 3. The van der Waals surface area contributed by atoms with Crippen molar-refractivity contribution < 1.29 is 38.4 Å². The summed E-state index contributed by atoms with van der Waals surface area (Å²) in [5.74, 6) is 1.26. The van der Waals surface area contributed by atoms with Crippen molar-refractivity contribution in [3.63, 3.8) is 0 Å². The zero-order valence-electron chi connectivity index (χ0n) is 30.1. The van der Waals surface area contributed by atoms with Crippen LogP contribution in [0.25, 0.3) is 0 Å². The number of methoxy groups -OCH3 is 1. The van der Waals surface area contributed by atoms with Gasteiger partial charge in [-0.05, 0) is 77.0 Å². The summed E-state index contributed by atoms with van der Waals surface area (Å²) in [5.41, 5.74) is 4.70. The lowest BCUT2D eigenvalue weighted by Crippen LogP contribution is -2.51. The van der Waals surface area contributed by atoms with Crippen molar-refractivity contribution in [1.29, 1.82) is 0 Å². The molecule has 1 unspecified atom stereocenters. The molecule has 51 heavy (non-hydrogen) atoms. The second-order valence-electron chi connectivity index (χ2n) is 13.4. The van der Waals surface area contributed by atoms with E-state index in [4.69, 9.17) is 18.9 Å². The minimum Gasteiger partial charge on any atom is -0.493 e. The molecule has 4 heterocycles. The number of benzene rings is 2. The zero-order valence-corrected chi connectivity index (χ0v) is 30.1. The van der Waals surface area contributed by atoms with E-state index in [-0.39, 0.29) is 30.2 Å². The van der Waals surface area contributed by atoms with Crippen LogP contribution in [-0.2, 0) is 4.74 Å². The van der Waals surface area contributed by atoms with Gasteiger partial charge in [0.15, 0.2) is 17.7 Å². The van der Waals surface area contributed by atoms with Crippen LogP contribution in [0, 0.1) is 6.92 Å². The number of aryl methyl sites for hydroxylation is 1. The number of nitrogens with zero attached hydrogens (tertiary/aromatic N) is 4. The van der Waals surface area contributed by atoms with Gasteiger partial charge in [-0.2, -0.15) is 0 Å².